The average molecular weight is 261 g/mol. The second-order valence-corrected chi connectivity index (χ2v) is 6.21. The number of nitrogens with two attached hydrogens (primary N) is 1. The van der Waals surface area contributed by atoms with Crippen molar-refractivity contribution in [3.63, 3.8) is 0 Å². The zero-order valence-electron chi connectivity index (χ0n) is 12.7. The predicted octanol–water partition coefficient (Wildman–Crippen LogP) is 2.63. The van der Waals surface area contributed by atoms with E-state index in [0.29, 0.717) is 5.54 Å². The highest BCUT2D eigenvalue weighted by molar-refractivity contribution is 5.48. The summed E-state index contributed by atoms with van der Waals surface area (Å²) in [7, 11) is 6.59. The SMILES string of the molecule is CC(N)c1ccc(N(C)CC2(N(C)C)CCC2)cc1. The van der Waals surface area contributed by atoms with Gasteiger partial charge in [-0.05, 0) is 58.0 Å². The van der Waals surface area contributed by atoms with Crippen molar-refractivity contribution in [3.05, 3.63) is 29.8 Å². The topological polar surface area (TPSA) is 32.5 Å². The van der Waals surface area contributed by atoms with Gasteiger partial charge in [-0.1, -0.05) is 12.1 Å². The Balaban J connectivity index is 2.05. The molecule has 106 valence electrons. The number of likely N-dealkylation sites (N-methyl/N-ethyl adjacent to an activating group) is 2. The molecule has 0 amide bonds. The van der Waals surface area contributed by atoms with Crippen molar-refractivity contribution in [3.8, 4) is 0 Å². The Hall–Kier alpha value is -1.06. The van der Waals surface area contributed by atoms with E-state index in [1.807, 2.05) is 6.92 Å². The summed E-state index contributed by atoms with van der Waals surface area (Å²) in [6.45, 7) is 3.12. The molecule has 0 radical (unpaired) electrons. The van der Waals surface area contributed by atoms with Crippen molar-refractivity contribution in [1.29, 1.82) is 0 Å². The van der Waals surface area contributed by atoms with Gasteiger partial charge in [-0.15, -0.1) is 0 Å². The number of nitrogens with zero attached hydrogens (tertiary/aromatic N) is 2. The summed E-state index contributed by atoms with van der Waals surface area (Å²) in [4.78, 5) is 4.76. The summed E-state index contributed by atoms with van der Waals surface area (Å²) in [6.07, 6.45) is 3.97. The van der Waals surface area contributed by atoms with Crippen LogP contribution in [0.2, 0.25) is 0 Å². The van der Waals surface area contributed by atoms with Crippen LogP contribution in [-0.2, 0) is 0 Å². The zero-order chi connectivity index (χ0) is 14.0. The van der Waals surface area contributed by atoms with Gasteiger partial charge in [-0.2, -0.15) is 0 Å². The Labute approximate surface area is 117 Å². The Bertz CT molecular complexity index is 405. The molecule has 0 aromatic heterocycles. The Morgan fingerprint density at radius 2 is 1.74 bits per heavy atom. The summed E-state index contributed by atoms with van der Waals surface area (Å²) in [6, 6.07) is 8.75. The molecule has 1 saturated carbocycles. The molecule has 3 heteroatoms. The van der Waals surface area contributed by atoms with E-state index in [0.717, 1.165) is 6.54 Å². The van der Waals surface area contributed by atoms with Crippen molar-refractivity contribution in [1.82, 2.24) is 4.90 Å². The van der Waals surface area contributed by atoms with Crippen LogP contribution in [0.4, 0.5) is 5.69 Å². The molecule has 1 aliphatic rings. The van der Waals surface area contributed by atoms with E-state index in [-0.39, 0.29) is 6.04 Å². The van der Waals surface area contributed by atoms with Crippen molar-refractivity contribution < 1.29 is 0 Å². The molecule has 1 unspecified atom stereocenters. The van der Waals surface area contributed by atoms with Gasteiger partial charge in [-0.3, -0.25) is 0 Å². The summed E-state index contributed by atoms with van der Waals surface area (Å²) in [5, 5.41) is 0. The van der Waals surface area contributed by atoms with Crippen molar-refractivity contribution in [2.75, 3.05) is 32.6 Å². The Kier molecular flexibility index (Phi) is 4.16. The number of rotatable bonds is 5. The summed E-state index contributed by atoms with van der Waals surface area (Å²) in [5.41, 5.74) is 8.73. The number of anilines is 1. The van der Waals surface area contributed by atoms with Gasteiger partial charge in [0, 0.05) is 30.9 Å². The summed E-state index contributed by atoms with van der Waals surface area (Å²) < 4.78 is 0. The van der Waals surface area contributed by atoms with Crippen LogP contribution in [0.25, 0.3) is 0 Å². The van der Waals surface area contributed by atoms with Crippen molar-refractivity contribution >= 4 is 5.69 Å². The van der Waals surface area contributed by atoms with Crippen LogP contribution in [0.15, 0.2) is 24.3 Å². The van der Waals surface area contributed by atoms with E-state index >= 15 is 0 Å². The number of hydrogen-bond donors (Lipinski definition) is 1. The van der Waals surface area contributed by atoms with Crippen LogP contribution in [0, 0.1) is 0 Å². The maximum absolute atomic E-state index is 5.89. The van der Waals surface area contributed by atoms with Crippen LogP contribution >= 0.6 is 0 Å². The summed E-state index contributed by atoms with van der Waals surface area (Å²) in [5.74, 6) is 0. The third kappa shape index (κ3) is 2.93. The first-order valence-corrected chi connectivity index (χ1v) is 7.19. The van der Waals surface area contributed by atoms with Gasteiger partial charge in [0.25, 0.3) is 0 Å². The standard InChI is InChI=1S/C16H27N3/c1-13(17)14-6-8-15(9-7-14)19(4)12-16(18(2)3)10-5-11-16/h6-9,13H,5,10-12,17H2,1-4H3. The minimum Gasteiger partial charge on any atom is -0.373 e. The molecule has 0 heterocycles. The van der Waals surface area contributed by atoms with Gasteiger partial charge in [-0.25, -0.2) is 0 Å². The van der Waals surface area contributed by atoms with Gasteiger partial charge in [0.1, 0.15) is 0 Å². The van der Waals surface area contributed by atoms with Crippen LogP contribution < -0.4 is 10.6 Å². The fraction of sp³-hybridized carbons (Fsp3) is 0.625. The predicted molar refractivity (Wildman–Crippen MR) is 82.6 cm³/mol. The van der Waals surface area contributed by atoms with Gasteiger partial charge >= 0.3 is 0 Å². The Morgan fingerprint density at radius 3 is 2.11 bits per heavy atom. The molecule has 2 N–H and O–H groups in total. The van der Waals surface area contributed by atoms with E-state index in [2.05, 4.69) is 55.2 Å². The van der Waals surface area contributed by atoms with E-state index in [1.165, 1.54) is 30.5 Å². The molecule has 1 aromatic carbocycles. The molecular formula is C16H27N3. The van der Waals surface area contributed by atoms with Crippen LogP contribution in [0.1, 0.15) is 37.8 Å². The van der Waals surface area contributed by atoms with E-state index in [4.69, 9.17) is 5.73 Å². The van der Waals surface area contributed by atoms with Gasteiger partial charge in [0.15, 0.2) is 0 Å². The average Bonchev–Trinajstić information content (AvgIpc) is 2.33. The van der Waals surface area contributed by atoms with Crippen LogP contribution in [0.3, 0.4) is 0 Å². The monoisotopic (exact) mass is 261 g/mol. The smallest absolute Gasteiger partial charge is 0.0378 e. The molecular weight excluding hydrogens is 234 g/mol. The molecule has 2 rings (SSSR count). The molecule has 3 nitrogen and oxygen atoms in total. The maximum Gasteiger partial charge on any atom is 0.0378 e. The highest BCUT2D eigenvalue weighted by Gasteiger charge is 2.39. The highest BCUT2D eigenvalue weighted by Crippen LogP contribution is 2.37. The quantitative estimate of drug-likeness (QED) is 0.884. The first-order valence-electron chi connectivity index (χ1n) is 7.19. The molecule has 0 aliphatic heterocycles. The lowest BCUT2D eigenvalue weighted by Gasteiger charge is -2.49. The molecule has 1 aromatic rings. The molecule has 0 spiro atoms. The molecule has 0 saturated heterocycles. The third-order valence-electron chi connectivity index (χ3n) is 4.62. The lowest BCUT2D eigenvalue weighted by molar-refractivity contribution is 0.0683. The van der Waals surface area contributed by atoms with E-state index in [9.17, 15) is 0 Å². The minimum atomic E-state index is 0.110. The van der Waals surface area contributed by atoms with E-state index < -0.39 is 0 Å². The maximum atomic E-state index is 5.89. The fourth-order valence-electron chi connectivity index (χ4n) is 2.90. The van der Waals surface area contributed by atoms with Crippen LogP contribution in [0.5, 0.6) is 0 Å². The summed E-state index contributed by atoms with van der Waals surface area (Å²) >= 11 is 0. The van der Waals surface area contributed by atoms with Crippen LogP contribution in [-0.4, -0.2) is 38.1 Å². The Morgan fingerprint density at radius 1 is 1.16 bits per heavy atom. The lowest BCUT2D eigenvalue weighted by atomic mass is 9.75. The molecule has 1 atom stereocenters. The fourth-order valence-corrected chi connectivity index (χ4v) is 2.90. The number of hydrogen-bond acceptors (Lipinski definition) is 3. The molecule has 1 aliphatic carbocycles. The molecule has 1 fully saturated rings. The molecule has 0 bridgehead atoms. The first kappa shape index (κ1) is 14.4. The normalized spacial score (nSPS) is 19.1. The van der Waals surface area contributed by atoms with Gasteiger partial charge in [0.05, 0.1) is 0 Å². The minimum absolute atomic E-state index is 0.110. The van der Waals surface area contributed by atoms with Gasteiger partial charge in [0.2, 0.25) is 0 Å². The third-order valence-corrected chi connectivity index (χ3v) is 4.62. The lowest BCUT2D eigenvalue weighted by Crippen LogP contribution is -2.56. The second-order valence-electron chi connectivity index (χ2n) is 6.21. The van der Waals surface area contributed by atoms with Crippen molar-refractivity contribution in [2.45, 2.75) is 37.8 Å². The second kappa shape index (κ2) is 5.51. The van der Waals surface area contributed by atoms with Gasteiger partial charge < -0.3 is 15.5 Å². The number of benzene rings is 1. The zero-order valence-corrected chi connectivity index (χ0v) is 12.7. The first-order chi connectivity index (χ1) is 8.94. The highest BCUT2D eigenvalue weighted by atomic mass is 15.2. The largest absolute Gasteiger partial charge is 0.373 e. The van der Waals surface area contributed by atoms with Crippen molar-refractivity contribution in [2.24, 2.45) is 5.73 Å². The van der Waals surface area contributed by atoms with E-state index in [1.54, 1.807) is 0 Å². The molecule has 19 heavy (non-hydrogen) atoms.